The van der Waals surface area contributed by atoms with Gasteiger partial charge in [-0.15, -0.1) is 0 Å². The molecule has 0 saturated carbocycles. The maximum Gasteiger partial charge on any atom is 0.293 e. The van der Waals surface area contributed by atoms with Crippen LogP contribution in [0.15, 0.2) is 18.2 Å². The molecule has 1 amide bonds. The Hall–Kier alpha value is -1.84. The van der Waals surface area contributed by atoms with Gasteiger partial charge in [-0.1, -0.05) is 0 Å². The fourth-order valence-electron chi connectivity index (χ4n) is 1.42. The number of carbonyl (C=O) groups excluding carboxylic acids is 2. The number of amides is 1. The summed E-state index contributed by atoms with van der Waals surface area (Å²) in [5.74, 6) is -0.243. The average molecular weight is 221 g/mol. The van der Waals surface area contributed by atoms with Gasteiger partial charge in [0.25, 0.3) is 5.91 Å². The molecular formula is C12H15NO3. The minimum absolute atomic E-state index is 0.476. The first-order valence-corrected chi connectivity index (χ1v) is 4.90. The van der Waals surface area contributed by atoms with E-state index in [4.69, 9.17) is 4.74 Å². The Labute approximate surface area is 94.8 Å². The zero-order valence-corrected chi connectivity index (χ0v) is 9.90. The van der Waals surface area contributed by atoms with E-state index in [2.05, 4.69) is 0 Å². The van der Waals surface area contributed by atoms with Gasteiger partial charge >= 0.3 is 0 Å². The van der Waals surface area contributed by atoms with Gasteiger partial charge in [0.05, 0.1) is 7.11 Å². The van der Waals surface area contributed by atoms with Crippen LogP contribution in [-0.2, 0) is 9.59 Å². The molecule has 16 heavy (non-hydrogen) atoms. The van der Waals surface area contributed by atoms with Gasteiger partial charge in [-0.05, 0) is 30.7 Å². The Morgan fingerprint density at radius 2 is 1.94 bits per heavy atom. The number of hydrogen-bond donors (Lipinski definition) is 0. The lowest BCUT2D eigenvalue weighted by Gasteiger charge is -2.17. The van der Waals surface area contributed by atoms with Crippen LogP contribution in [0.3, 0.4) is 0 Å². The summed E-state index contributed by atoms with van der Waals surface area (Å²) in [7, 11) is 3.16. The number of methoxy groups -OCH3 is 1. The zero-order valence-electron chi connectivity index (χ0n) is 9.90. The Bertz CT molecular complexity index is 426. The van der Waals surface area contributed by atoms with Crippen molar-refractivity contribution < 1.29 is 14.3 Å². The number of hydrogen-bond acceptors (Lipinski definition) is 3. The van der Waals surface area contributed by atoms with Gasteiger partial charge in [0, 0.05) is 19.7 Å². The van der Waals surface area contributed by atoms with Crippen molar-refractivity contribution >= 4 is 17.4 Å². The molecule has 0 aliphatic heterocycles. The quantitative estimate of drug-likeness (QED) is 0.727. The van der Waals surface area contributed by atoms with E-state index in [1.165, 1.54) is 11.8 Å². The third-order valence-corrected chi connectivity index (χ3v) is 2.37. The molecule has 4 nitrogen and oxygen atoms in total. The van der Waals surface area contributed by atoms with E-state index in [0.29, 0.717) is 5.69 Å². The van der Waals surface area contributed by atoms with Gasteiger partial charge in [-0.3, -0.25) is 9.59 Å². The fourth-order valence-corrected chi connectivity index (χ4v) is 1.42. The first-order chi connectivity index (χ1) is 7.47. The number of benzene rings is 1. The third kappa shape index (κ3) is 2.39. The van der Waals surface area contributed by atoms with Gasteiger partial charge in [0.15, 0.2) is 0 Å². The first-order valence-electron chi connectivity index (χ1n) is 4.90. The summed E-state index contributed by atoms with van der Waals surface area (Å²) in [5, 5.41) is 0. The average Bonchev–Trinajstić information content (AvgIpc) is 2.26. The molecule has 0 aliphatic rings. The van der Waals surface area contributed by atoms with Gasteiger partial charge in [-0.2, -0.15) is 0 Å². The van der Waals surface area contributed by atoms with Crippen molar-refractivity contribution in [3.05, 3.63) is 23.8 Å². The minimum Gasteiger partial charge on any atom is -0.496 e. The van der Waals surface area contributed by atoms with Gasteiger partial charge in [-0.25, -0.2) is 0 Å². The van der Waals surface area contributed by atoms with E-state index >= 15 is 0 Å². The van der Waals surface area contributed by atoms with Crippen molar-refractivity contribution in [2.24, 2.45) is 0 Å². The maximum absolute atomic E-state index is 11.5. The number of nitrogens with zero attached hydrogens (tertiary/aromatic N) is 1. The molecule has 0 fully saturated rings. The highest BCUT2D eigenvalue weighted by Crippen LogP contribution is 2.23. The molecule has 0 N–H and O–H groups in total. The number of ketones is 1. The van der Waals surface area contributed by atoms with Gasteiger partial charge < -0.3 is 9.64 Å². The van der Waals surface area contributed by atoms with Crippen LogP contribution in [0.25, 0.3) is 0 Å². The van der Waals surface area contributed by atoms with Crippen LogP contribution in [0.5, 0.6) is 5.75 Å². The molecule has 0 heterocycles. The summed E-state index contributed by atoms with van der Waals surface area (Å²) in [4.78, 5) is 23.7. The Balaban J connectivity index is 3.01. The van der Waals surface area contributed by atoms with Crippen molar-refractivity contribution in [2.45, 2.75) is 13.8 Å². The summed E-state index contributed by atoms with van der Waals surface area (Å²) in [6.07, 6.45) is 0. The molecule has 0 atom stereocenters. The topological polar surface area (TPSA) is 46.6 Å². The smallest absolute Gasteiger partial charge is 0.293 e. The summed E-state index contributed by atoms with van der Waals surface area (Å²) in [6.45, 7) is 3.14. The van der Waals surface area contributed by atoms with Gasteiger partial charge in [0.1, 0.15) is 5.75 Å². The number of rotatable bonds is 3. The van der Waals surface area contributed by atoms with Crippen LogP contribution in [0.4, 0.5) is 5.69 Å². The monoisotopic (exact) mass is 221 g/mol. The number of carbonyl (C=O) groups is 2. The molecule has 86 valence electrons. The van der Waals surface area contributed by atoms with E-state index in [0.717, 1.165) is 11.3 Å². The lowest BCUT2D eigenvalue weighted by molar-refractivity contribution is -0.134. The molecule has 0 saturated heterocycles. The Kier molecular flexibility index (Phi) is 3.66. The van der Waals surface area contributed by atoms with Crippen molar-refractivity contribution in [3.8, 4) is 5.75 Å². The fraction of sp³-hybridized carbons (Fsp3) is 0.333. The van der Waals surface area contributed by atoms with Crippen LogP contribution in [0.2, 0.25) is 0 Å². The maximum atomic E-state index is 11.5. The van der Waals surface area contributed by atoms with Crippen LogP contribution >= 0.6 is 0 Å². The number of anilines is 1. The highest BCUT2D eigenvalue weighted by molar-refractivity contribution is 6.40. The highest BCUT2D eigenvalue weighted by Gasteiger charge is 2.15. The first kappa shape index (κ1) is 12.2. The molecule has 0 bridgehead atoms. The molecule has 0 aliphatic carbocycles. The predicted molar refractivity (Wildman–Crippen MR) is 61.8 cm³/mol. The van der Waals surface area contributed by atoms with E-state index in [1.807, 2.05) is 6.92 Å². The van der Waals surface area contributed by atoms with E-state index in [-0.39, 0.29) is 0 Å². The molecule has 4 heteroatoms. The lowest BCUT2D eigenvalue weighted by atomic mass is 10.2. The Morgan fingerprint density at radius 1 is 1.31 bits per heavy atom. The second-order valence-corrected chi connectivity index (χ2v) is 3.57. The predicted octanol–water partition coefficient (Wildman–Crippen LogP) is 1.56. The number of Topliss-reactive ketones (excluding diaryl/α,β-unsaturated/α-hetero) is 1. The molecule has 1 aromatic rings. The molecular weight excluding hydrogens is 206 g/mol. The second-order valence-electron chi connectivity index (χ2n) is 3.57. The van der Waals surface area contributed by atoms with Crippen molar-refractivity contribution in [3.63, 3.8) is 0 Å². The molecule has 1 aromatic carbocycles. The zero-order chi connectivity index (χ0) is 12.3. The van der Waals surface area contributed by atoms with Crippen molar-refractivity contribution in [1.29, 1.82) is 0 Å². The van der Waals surface area contributed by atoms with Crippen molar-refractivity contribution in [1.82, 2.24) is 0 Å². The van der Waals surface area contributed by atoms with E-state index in [9.17, 15) is 9.59 Å². The summed E-state index contributed by atoms with van der Waals surface area (Å²) in [6, 6.07) is 5.32. The van der Waals surface area contributed by atoms with Crippen LogP contribution < -0.4 is 9.64 Å². The summed E-state index contributed by atoms with van der Waals surface area (Å²) in [5.41, 5.74) is 1.60. The number of ether oxygens (including phenoxy) is 1. The number of aryl methyl sites for hydroxylation is 1. The molecule has 0 aromatic heterocycles. The minimum atomic E-state index is -0.524. The van der Waals surface area contributed by atoms with E-state index in [1.54, 1.807) is 32.4 Å². The molecule has 0 radical (unpaired) electrons. The summed E-state index contributed by atoms with van der Waals surface area (Å²) >= 11 is 0. The lowest BCUT2D eigenvalue weighted by Crippen LogP contribution is -2.31. The molecule has 1 rings (SSSR count). The highest BCUT2D eigenvalue weighted by atomic mass is 16.5. The summed E-state index contributed by atoms with van der Waals surface area (Å²) < 4.78 is 5.12. The third-order valence-electron chi connectivity index (χ3n) is 2.37. The SMILES string of the molecule is COc1ccc(N(C)C(=O)C(C)=O)cc1C. The second kappa shape index (κ2) is 4.79. The van der Waals surface area contributed by atoms with Gasteiger partial charge in [0.2, 0.25) is 5.78 Å². The van der Waals surface area contributed by atoms with Crippen LogP contribution in [-0.4, -0.2) is 25.8 Å². The standard InChI is InChI=1S/C12H15NO3/c1-8-7-10(5-6-11(8)16-4)13(3)12(15)9(2)14/h5-7H,1-4H3. The van der Waals surface area contributed by atoms with Crippen molar-refractivity contribution in [2.75, 3.05) is 19.1 Å². The largest absolute Gasteiger partial charge is 0.496 e. The van der Waals surface area contributed by atoms with E-state index < -0.39 is 11.7 Å². The van der Waals surface area contributed by atoms with Crippen LogP contribution in [0.1, 0.15) is 12.5 Å². The normalized spacial score (nSPS) is 9.75. The molecule has 0 unspecified atom stereocenters. The number of likely N-dealkylation sites (N-methyl/N-ethyl adjacent to an activating group) is 1. The Morgan fingerprint density at radius 3 is 2.38 bits per heavy atom. The van der Waals surface area contributed by atoms with Crippen LogP contribution in [0, 0.1) is 6.92 Å². The molecule has 0 spiro atoms.